The second-order valence-corrected chi connectivity index (χ2v) is 25.1. The molecule has 0 unspecified atom stereocenters. The number of nitrogens with two attached hydrogens (primary N) is 7. The highest BCUT2D eigenvalue weighted by molar-refractivity contribution is 7.98. The van der Waals surface area contributed by atoms with Gasteiger partial charge in [0.1, 0.15) is 54.4 Å². The van der Waals surface area contributed by atoms with E-state index in [0.29, 0.717) is 55.4 Å². The molecule has 13 amide bonds. The topological polar surface area (TPSA) is 519 Å². The summed E-state index contributed by atoms with van der Waals surface area (Å²) in [4.78, 5) is 185. The van der Waals surface area contributed by atoms with Crippen LogP contribution in [0.1, 0.15) is 121 Å². The Kier molecular flexibility index (Phi) is 33.9. The van der Waals surface area contributed by atoms with Gasteiger partial charge in [0.2, 0.25) is 76.8 Å². The van der Waals surface area contributed by atoms with Gasteiger partial charge in [-0.25, -0.2) is 0 Å². The second-order valence-electron chi connectivity index (χ2n) is 24.1. The lowest BCUT2D eigenvalue weighted by Gasteiger charge is -2.32. The Morgan fingerprint density at radius 3 is 1.51 bits per heavy atom. The van der Waals surface area contributed by atoms with Gasteiger partial charge in [-0.15, -0.1) is 0 Å². The highest BCUT2D eigenvalue weighted by Crippen LogP contribution is 2.24. The Hall–Kier alpha value is -8.91. The van der Waals surface area contributed by atoms with Crippen molar-refractivity contribution in [2.24, 2.45) is 51.0 Å². The smallest absolute Gasteiger partial charge is 0.245 e. The molecular weight excluding hydrogens is 1250 g/mol. The van der Waals surface area contributed by atoms with E-state index in [4.69, 9.17) is 40.1 Å². The van der Waals surface area contributed by atoms with E-state index in [1.165, 1.54) is 21.6 Å². The van der Waals surface area contributed by atoms with Gasteiger partial charge in [-0.2, -0.15) is 11.8 Å². The molecule has 32 heteroatoms. The van der Waals surface area contributed by atoms with Gasteiger partial charge in [0.05, 0.1) is 12.6 Å². The van der Waals surface area contributed by atoms with Crippen LogP contribution in [0.3, 0.4) is 0 Å². The molecule has 2 aliphatic heterocycles. The fourth-order valence-electron chi connectivity index (χ4n) is 11.0. The molecule has 0 aliphatic carbocycles. The van der Waals surface area contributed by atoms with Gasteiger partial charge >= 0.3 is 0 Å². The van der Waals surface area contributed by atoms with E-state index in [2.05, 4.69) is 47.5 Å². The number of amides is 13. The molecule has 0 radical (unpaired) electrons. The van der Waals surface area contributed by atoms with E-state index in [1.54, 1.807) is 60.7 Å². The second kappa shape index (κ2) is 41.0. The Morgan fingerprint density at radius 1 is 0.537 bits per heavy atom. The molecule has 0 bridgehead atoms. The zero-order valence-corrected chi connectivity index (χ0v) is 55.3. The zero-order chi connectivity index (χ0) is 70.1. The fourth-order valence-corrected chi connectivity index (χ4v) is 11.5. The van der Waals surface area contributed by atoms with Crippen molar-refractivity contribution < 1.29 is 62.3 Å². The first-order valence-electron chi connectivity index (χ1n) is 32.2. The number of guanidine groups is 1. The van der Waals surface area contributed by atoms with Crippen LogP contribution in [0.5, 0.6) is 0 Å². The number of unbranched alkanes of at least 4 members (excludes halogenated alkanes) is 1. The maximum atomic E-state index is 14.7. The summed E-state index contributed by atoms with van der Waals surface area (Å²) in [5.74, 6) is -9.80. The van der Waals surface area contributed by atoms with Crippen molar-refractivity contribution in [3.8, 4) is 0 Å². The van der Waals surface area contributed by atoms with E-state index in [1.807, 2.05) is 20.1 Å². The molecule has 524 valence electrons. The molecule has 2 aromatic carbocycles. The van der Waals surface area contributed by atoms with Crippen molar-refractivity contribution in [2.75, 3.05) is 44.7 Å². The largest absolute Gasteiger partial charge is 0.370 e. The van der Waals surface area contributed by atoms with Crippen LogP contribution in [-0.4, -0.2) is 198 Å². The van der Waals surface area contributed by atoms with E-state index in [0.717, 1.165) is 0 Å². The summed E-state index contributed by atoms with van der Waals surface area (Å²) in [5, 5.41) is 21.1. The van der Waals surface area contributed by atoms with Crippen LogP contribution >= 0.6 is 11.8 Å². The van der Waals surface area contributed by atoms with E-state index in [9.17, 15) is 62.3 Å². The number of hydrogen-bond acceptors (Lipinski definition) is 17. The van der Waals surface area contributed by atoms with Crippen molar-refractivity contribution >= 4 is 94.5 Å². The van der Waals surface area contributed by atoms with Gasteiger partial charge < -0.3 is 92.5 Å². The molecule has 22 N–H and O–H groups in total. The summed E-state index contributed by atoms with van der Waals surface area (Å²) < 4.78 is 0. The summed E-state index contributed by atoms with van der Waals surface area (Å²) in [6.45, 7) is 3.86. The quantitative estimate of drug-likeness (QED) is 0.0173. The van der Waals surface area contributed by atoms with Crippen LogP contribution in [0, 0.1) is 5.92 Å². The first-order valence-corrected chi connectivity index (χ1v) is 33.6. The summed E-state index contributed by atoms with van der Waals surface area (Å²) in [5.41, 5.74) is 40.6. The lowest BCUT2D eigenvalue weighted by molar-refractivity contribution is -0.144. The minimum Gasteiger partial charge on any atom is -0.370 e. The minimum atomic E-state index is -1.64. The molecule has 0 saturated carbocycles. The van der Waals surface area contributed by atoms with Gasteiger partial charge in [0.25, 0.3) is 0 Å². The van der Waals surface area contributed by atoms with Crippen LogP contribution in [0.2, 0.25) is 0 Å². The molecule has 2 saturated heterocycles. The number of benzene rings is 2. The monoisotopic (exact) mass is 1350 g/mol. The number of nitrogens with zero attached hydrogens (tertiary/aromatic N) is 3. The summed E-state index contributed by atoms with van der Waals surface area (Å²) in [6.07, 6.45) is 3.12. The number of rotatable bonds is 42. The predicted molar refractivity (Wildman–Crippen MR) is 356 cm³/mol. The van der Waals surface area contributed by atoms with Crippen LogP contribution in [0.15, 0.2) is 65.7 Å². The number of aliphatic imine (C=N–C) groups is 1. The van der Waals surface area contributed by atoms with E-state index in [-0.39, 0.29) is 83.0 Å². The highest BCUT2D eigenvalue weighted by atomic mass is 32.2. The van der Waals surface area contributed by atoms with Crippen molar-refractivity contribution in [3.63, 3.8) is 0 Å². The normalized spacial score (nSPS) is 16.8. The molecule has 2 fully saturated rings. The lowest BCUT2D eigenvalue weighted by atomic mass is 10.0. The average molecular weight is 1350 g/mol. The summed E-state index contributed by atoms with van der Waals surface area (Å²) in [6, 6.07) is 4.51. The zero-order valence-electron chi connectivity index (χ0n) is 54.5. The summed E-state index contributed by atoms with van der Waals surface area (Å²) in [7, 11) is 0. The van der Waals surface area contributed by atoms with Crippen LogP contribution in [0.25, 0.3) is 0 Å². The average Bonchev–Trinajstić information content (AvgIpc) is 1.74. The van der Waals surface area contributed by atoms with Gasteiger partial charge in [-0.3, -0.25) is 67.3 Å². The number of nitrogens with one attached hydrogen (secondary N) is 8. The maximum Gasteiger partial charge on any atom is 0.245 e. The minimum absolute atomic E-state index is 0.0736. The third-order valence-corrected chi connectivity index (χ3v) is 16.7. The lowest BCUT2D eigenvalue weighted by Crippen LogP contribution is -2.60. The molecule has 95 heavy (non-hydrogen) atoms. The van der Waals surface area contributed by atoms with Crippen LogP contribution < -0.4 is 82.7 Å². The molecule has 2 heterocycles. The van der Waals surface area contributed by atoms with Gasteiger partial charge in [0.15, 0.2) is 5.96 Å². The van der Waals surface area contributed by atoms with Crippen molar-refractivity contribution in [3.05, 3.63) is 71.8 Å². The highest BCUT2D eigenvalue weighted by Gasteiger charge is 2.42. The van der Waals surface area contributed by atoms with Crippen LogP contribution in [-0.2, 0) is 75.2 Å². The Balaban J connectivity index is 1.56. The molecule has 10 atom stereocenters. The Bertz CT molecular complexity index is 2960. The molecule has 31 nitrogen and oxygen atoms in total. The van der Waals surface area contributed by atoms with Crippen LogP contribution in [0.4, 0.5) is 0 Å². The molecular formula is C63H98N18O13S. The predicted octanol–water partition coefficient (Wildman–Crippen LogP) is -3.71. The molecule has 0 aromatic heterocycles. The molecule has 2 aliphatic rings. The van der Waals surface area contributed by atoms with Gasteiger partial charge in [-0.1, -0.05) is 74.5 Å². The van der Waals surface area contributed by atoms with Crippen molar-refractivity contribution in [1.82, 2.24) is 52.3 Å². The number of carbonyl (C=O) groups is 13. The summed E-state index contributed by atoms with van der Waals surface area (Å²) >= 11 is 1.45. The maximum absolute atomic E-state index is 14.7. The first kappa shape index (κ1) is 78.5. The number of thioether (sulfide) groups is 1. The van der Waals surface area contributed by atoms with Gasteiger partial charge in [-0.05, 0) is 119 Å². The third-order valence-electron chi connectivity index (χ3n) is 16.0. The SMILES string of the molecule is CSCC[C@H](NC(=O)[C@H](CC(C)C)NC(=O)CNC(=O)[C@@H](Cc1ccccc1)NC(=O)[C@H](Cc1ccccc1)NC(=O)[C@@H](CCC(N)=O)NC(=O)[C@H](CCC(N)=O)NC(=O)[C@@H]1CCCN1C(=O)[C@@H](CCCCN)NC(=O)[C@@H]1CCCN1C(=O)[C@H](N)CCCN=C(N)N)C(N)=O. The van der Waals surface area contributed by atoms with E-state index < -0.39 is 169 Å². The molecule has 4 rings (SSSR count). The van der Waals surface area contributed by atoms with E-state index >= 15 is 0 Å². The third kappa shape index (κ3) is 27.5. The molecule has 0 spiro atoms. The van der Waals surface area contributed by atoms with Crippen molar-refractivity contribution in [1.29, 1.82) is 0 Å². The number of likely N-dealkylation sites (tertiary alicyclic amines) is 2. The number of hydrogen-bond donors (Lipinski definition) is 15. The van der Waals surface area contributed by atoms with Gasteiger partial charge in [0, 0.05) is 45.3 Å². The Labute approximate surface area is 558 Å². The molecule has 2 aromatic rings. The Morgan fingerprint density at radius 2 is 1.01 bits per heavy atom. The number of carbonyl (C=O) groups excluding carboxylic acids is 13. The first-order chi connectivity index (χ1) is 45.2. The number of primary amides is 3. The standard InChI is InChI=1S/C63H98N18O13S/c1-37(2)33-45(57(89)74-41(53(68)85)27-32-95-3)73-52(84)36-72-54(86)46(34-38-15-6-4-7-16-38)78-58(90)47(35-39-17-8-5-9-18-39)79-56(88)42(23-25-50(66)82)75-55(87)43(24-26-51(67)83)76-59(91)49-22-14-31-81(49)62(94)44(20-10-11-28-64)77-60(92)48-21-13-30-80(48)61(93)40(65)19-12-29-71-63(69)70/h4-9,15-18,37,40-49H,10-14,19-36,64-65H2,1-3H3,(H2,66,82)(H2,67,83)(H2,68,85)(H,72,86)(H,73,84)(H,74,89)(H,75,87)(H,76,91)(H,77,92)(H,78,90)(H,79,88)(H4,69,70,71)/t40-,41+,42-,43+,44-,45+,46-,47+,48+,49+/m1/s1. The fraction of sp³-hybridized carbons (Fsp3) is 0.587. The van der Waals surface area contributed by atoms with Crippen molar-refractivity contribution in [2.45, 2.75) is 183 Å².